The zero-order chi connectivity index (χ0) is 23.9. The molecular formula is C22H37N3O6S. The van der Waals surface area contributed by atoms with E-state index >= 15 is 0 Å². The van der Waals surface area contributed by atoms with Crippen LogP contribution in [0, 0.1) is 5.92 Å². The number of carbonyl (C=O) groups is 2. The SMILES string of the molecule is CC(C)S(=O)(=O)NC(=O)c1noc([C@H](CCCC2CCCCC2)CC(=O)OC(C)(C)C)n1. The van der Waals surface area contributed by atoms with Crippen molar-refractivity contribution in [1.29, 1.82) is 0 Å². The molecule has 1 fully saturated rings. The van der Waals surface area contributed by atoms with E-state index in [9.17, 15) is 18.0 Å². The summed E-state index contributed by atoms with van der Waals surface area (Å²) < 4.78 is 36.5. The van der Waals surface area contributed by atoms with Gasteiger partial charge in [-0.2, -0.15) is 4.98 Å². The largest absolute Gasteiger partial charge is 0.460 e. The Morgan fingerprint density at radius 2 is 1.84 bits per heavy atom. The molecule has 0 unspecified atom stereocenters. The van der Waals surface area contributed by atoms with E-state index in [2.05, 4.69) is 10.1 Å². The molecule has 0 radical (unpaired) electrons. The molecular weight excluding hydrogens is 434 g/mol. The minimum Gasteiger partial charge on any atom is -0.460 e. The van der Waals surface area contributed by atoms with E-state index in [4.69, 9.17) is 9.26 Å². The number of hydrogen-bond acceptors (Lipinski definition) is 8. The maximum Gasteiger partial charge on any atom is 0.307 e. The molecule has 9 nitrogen and oxygen atoms in total. The second kappa shape index (κ2) is 11.2. The van der Waals surface area contributed by atoms with Gasteiger partial charge in [0.05, 0.1) is 11.7 Å². The Hall–Kier alpha value is -1.97. The standard InChI is InChI=1S/C22H37N3O6S/c1-15(2)32(28,29)25-20(27)19-23-21(31-24-19)17(14-18(26)30-22(3,4)5)13-9-12-16-10-7-6-8-11-16/h15-17H,6-14H2,1-5H3,(H,25,27)/t17-/m1/s1. The first-order valence-corrected chi connectivity index (χ1v) is 13.0. The van der Waals surface area contributed by atoms with Crippen LogP contribution >= 0.6 is 0 Å². The molecule has 1 amide bonds. The molecule has 182 valence electrons. The maximum absolute atomic E-state index is 12.4. The van der Waals surface area contributed by atoms with E-state index in [0.29, 0.717) is 12.3 Å². The summed E-state index contributed by atoms with van der Waals surface area (Å²) >= 11 is 0. The van der Waals surface area contributed by atoms with Crippen LogP contribution in [0.2, 0.25) is 0 Å². The molecule has 32 heavy (non-hydrogen) atoms. The van der Waals surface area contributed by atoms with E-state index < -0.39 is 32.7 Å². The van der Waals surface area contributed by atoms with E-state index in [1.54, 1.807) is 20.8 Å². The highest BCUT2D eigenvalue weighted by Gasteiger charge is 2.29. The number of nitrogens with zero attached hydrogens (tertiary/aromatic N) is 2. The van der Waals surface area contributed by atoms with Crippen molar-refractivity contribution in [3.8, 4) is 0 Å². The number of ether oxygens (including phenoxy) is 1. The molecule has 0 aromatic carbocycles. The Bertz CT molecular complexity index is 866. The first-order valence-electron chi connectivity index (χ1n) is 11.5. The molecule has 1 aliphatic rings. The molecule has 0 spiro atoms. The number of hydrogen-bond donors (Lipinski definition) is 1. The molecule has 1 atom stereocenters. The third-order valence-corrected chi connectivity index (χ3v) is 7.28. The highest BCUT2D eigenvalue weighted by atomic mass is 32.2. The summed E-state index contributed by atoms with van der Waals surface area (Å²) in [6, 6.07) is 0. The second-order valence-electron chi connectivity index (χ2n) is 9.90. The number of aromatic nitrogens is 2. The van der Waals surface area contributed by atoms with Crippen molar-refractivity contribution in [2.75, 3.05) is 0 Å². The average Bonchev–Trinajstić information content (AvgIpc) is 3.16. The molecule has 2 rings (SSSR count). The molecule has 0 aliphatic heterocycles. The third kappa shape index (κ3) is 8.52. The van der Waals surface area contributed by atoms with Crippen LogP contribution in [0.5, 0.6) is 0 Å². The fraction of sp³-hybridized carbons (Fsp3) is 0.818. The second-order valence-corrected chi connectivity index (χ2v) is 12.1. The van der Waals surface area contributed by atoms with Crippen molar-refractivity contribution >= 4 is 21.9 Å². The Balaban J connectivity index is 2.08. The van der Waals surface area contributed by atoms with E-state index in [-0.39, 0.29) is 24.1 Å². The van der Waals surface area contributed by atoms with Crippen molar-refractivity contribution in [1.82, 2.24) is 14.9 Å². The van der Waals surface area contributed by atoms with Crippen molar-refractivity contribution < 1.29 is 27.3 Å². The summed E-state index contributed by atoms with van der Waals surface area (Å²) in [6.45, 7) is 8.31. The predicted molar refractivity (Wildman–Crippen MR) is 119 cm³/mol. The quantitative estimate of drug-likeness (QED) is 0.505. The number of rotatable bonds is 10. The maximum atomic E-state index is 12.4. The van der Waals surface area contributed by atoms with E-state index in [0.717, 1.165) is 12.8 Å². The number of carbonyl (C=O) groups excluding carboxylic acids is 2. The van der Waals surface area contributed by atoms with Crippen LogP contribution in [0.15, 0.2) is 4.52 Å². The Labute approximate surface area is 191 Å². The Morgan fingerprint density at radius 3 is 2.44 bits per heavy atom. The molecule has 10 heteroatoms. The summed E-state index contributed by atoms with van der Waals surface area (Å²) in [6.07, 6.45) is 8.98. The monoisotopic (exact) mass is 471 g/mol. The molecule has 1 aromatic rings. The van der Waals surface area contributed by atoms with Gasteiger partial charge in [-0.05, 0) is 47.0 Å². The van der Waals surface area contributed by atoms with Gasteiger partial charge in [-0.25, -0.2) is 13.1 Å². The van der Waals surface area contributed by atoms with Crippen LogP contribution in [0.25, 0.3) is 0 Å². The number of amides is 1. The fourth-order valence-electron chi connectivity index (χ4n) is 3.81. The number of sulfonamides is 1. The van der Waals surface area contributed by atoms with Gasteiger partial charge < -0.3 is 9.26 Å². The Kier molecular flexibility index (Phi) is 9.24. The van der Waals surface area contributed by atoms with Crippen molar-refractivity contribution in [2.24, 2.45) is 5.92 Å². The summed E-state index contributed by atoms with van der Waals surface area (Å²) in [7, 11) is -3.82. The topological polar surface area (TPSA) is 128 Å². The van der Waals surface area contributed by atoms with E-state index in [1.165, 1.54) is 46.0 Å². The lowest BCUT2D eigenvalue weighted by Gasteiger charge is -2.23. The van der Waals surface area contributed by atoms with Gasteiger partial charge in [-0.15, -0.1) is 0 Å². The van der Waals surface area contributed by atoms with Crippen LogP contribution < -0.4 is 4.72 Å². The summed E-state index contributed by atoms with van der Waals surface area (Å²) in [5, 5.41) is 2.87. The van der Waals surface area contributed by atoms with Gasteiger partial charge in [0, 0.05) is 5.92 Å². The fourth-order valence-corrected chi connectivity index (χ4v) is 4.40. The zero-order valence-electron chi connectivity index (χ0n) is 19.8. The molecule has 0 saturated heterocycles. The van der Waals surface area contributed by atoms with Crippen LogP contribution in [-0.4, -0.2) is 41.3 Å². The zero-order valence-corrected chi connectivity index (χ0v) is 20.7. The molecule has 1 heterocycles. The molecule has 1 aromatic heterocycles. The number of nitrogens with one attached hydrogen (secondary N) is 1. The molecule has 1 N–H and O–H groups in total. The predicted octanol–water partition coefficient (Wildman–Crippen LogP) is 4.10. The van der Waals surface area contributed by atoms with E-state index in [1.807, 2.05) is 4.72 Å². The first kappa shape index (κ1) is 26.3. The molecule has 1 aliphatic carbocycles. The van der Waals surface area contributed by atoms with Crippen molar-refractivity contribution in [3.05, 3.63) is 11.7 Å². The highest BCUT2D eigenvalue weighted by molar-refractivity contribution is 7.90. The van der Waals surface area contributed by atoms with Gasteiger partial charge in [-0.1, -0.05) is 50.1 Å². The van der Waals surface area contributed by atoms with Gasteiger partial charge in [0.15, 0.2) is 0 Å². The lowest BCUT2D eigenvalue weighted by molar-refractivity contribution is -0.155. The molecule has 0 bridgehead atoms. The summed E-state index contributed by atoms with van der Waals surface area (Å²) in [5.41, 5.74) is -0.616. The number of esters is 1. The smallest absolute Gasteiger partial charge is 0.307 e. The highest BCUT2D eigenvalue weighted by Crippen LogP contribution is 2.31. The summed E-state index contributed by atoms with van der Waals surface area (Å²) in [5.74, 6) is -1.25. The average molecular weight is 472 g/mol. The normalized spacial score (nSPS) is 16.7. The van der Waals surface area contributed by atoms with Crippen LogP contribution in [0.1, 0.15) is 115 Å². The lowest BCUT2D eigenvalue weighted by Crippen LogP contribution is -2.36. The van der Waals surface area contributed by atoms with Crippen LogP contribution in [0.3, 0.4) is 0 Å². The minimum atomic E-state index is -3.82. The van der Waals surface area contributed by atoms with Crippen LogP contribution in [-0.2, 0) is 19.6 Å². The third-order valence-electron chi connectivity index (χ3n) is 5.57. The van der Waals surface area contributed by atoms with Gasteiger partial charge in [0.25, 0.3) is 5.82 Å². The minimum absolute atomic E-state index is 0.0511. The van der Waals surface area contributed by atoms with Gasteiger partial charge in [0.1, 0.15) is 5.60 Å². The van der Waals surface area contributed by atoms with Crippen molar-refractivity contribution in [3.63, 3.8) is 0 Å². The van der Waals surface area contributed by atoms with Crippen LogP contribution in [0.4, 0.5) is 0 Å². The lowest BCUT2D eigenvalue weighted by atomic mass is 9.84. The summed E-state index contributed by atoms with van der Waals surface area (Å²) in [4.78, 5) is 28.8. The van der Waals surface area contributed by atoms with Gasteiger partial charge >= 0.3 is 11.9 Å². The Morgan fingerprint density at radius 1 is 1.19 bits per heavy atom. The van der Waals surface area contributed by atoms with Gasteiger partial charge in [0.2, 0.25) is 15.9 Å². The molecule has 1 saturated carbocycles. The van der Waals surface area contributed by atoms with Crippen molar-refractivity contribution in [2.45, 2.75) is 109 Å². The first-order chi connectivity index (χ1) is 14.9. The van der Waals surface area contributed by atoms with Gasteiger partial charge in [-0.3, -0.25) is 9.59 Å².